The average Bonchev–Trinajstić information content (AvgIpc) is 2.77. The number of likely N-dealkylation sites (N-methyl/N-ethyl adjacent to an activating group) is 1. The summed E-state index contributed by atoms with van der Waals surface area (Å²) in [6.07, 6.45) is 4.53. The molecule has 2 heteroatoms. The normalized spacial score (nSPS) is 45.5. The second-order valence-electron chi connectivity index (χ2n) is 4.93. The van der Waals surface area contributed by atoms with Gasteiger partial charge >= 0.3 is 0 Å². The molecule has 0 spiro atoms. The van der Waals surface area contributed by atoms with Gasteiger partial charge < -0.3 is 4.90 Å². The Labute approximate surface area is 80.9 Å². The van der Waals surface area contributed by atoms with Crippen LogP contribution in [0.2, 0.25) is 0 Å². The molecule has 2 aliphatic heterocycles. The van der Waals surface area contributed by atoms with E-state index in [1.807, 2.05) is 0 Å². The van der Waals surface area contributed by atoms with Crippen LogP contribution in [0.5, 0.6) is 0 Å². The van der Waals surface area contributed by atoms with Crippen LogP contribution in [0.25, 0.3) is 0 Å². The SMILES string of the molecule is CCN1CCN2C3CCC(C3)C2C1. The van der Waals surface area contributed by atoms with Crippen molar-refractivity contribution in [2.45, 2.75) is 38.3 Å². The highest BCUT2D eigenvalue weighted by Gasteiger charge is 2.47. The quantitative estimate of drug-likeness (QED) is 0.598. The zero-order valence-corrected chi connectivity index (χ0v) is 8.58. The van der Waals surface area contributed by atoms with Crippen LogP contribution < -0.4 is 0 Å². The van der Waals surface area contributed by atoms with Gasteiger partial charge in [-0.15, -0.1) is 0 Å². The number of hydrogen-bond donors (Lipinski definition) is 0. The predicted octanol–water partition coefficient (Wildman–Crippen LogP) is 1.17. The van der Waals surface area contributed by atoms with Crippen molar-refractivity contribution in [2.75, 3.05) is 26.2 Å². The number of piperazine rings is 1. The molecule has 3 aliphatic rings. The summed E-state index contributed by atoms with van der Waals surface area (Å²) in [6, 6.07) is 1.92. The molecule has 1 saturated carbocycles. The Morgan fingerprint density at radius 3 is 3.00 bits per heavy atom. The molecule has 0 radical (unpaired) electrons. The summed E-state index contributed by atoms with van der Waals surface area (Å²) in [5.74, 6) is 1.05. The van der Waals surface area contributed by atoms with Gasteiger partial charge in [0.2, 0.25) is 0 Å². The number of fused-ring (bicyclic) bond motifs is 5. The van der Waals surface area contributed by atoms with Crippen LogP contribution in [0.1, 0.15) is 26.2 Å². The van der Waals surface area contributed by atoms with E-state index in [2.05, 4.69) is 16.7 Å². The van der Waals surface area contributed by atoms with Gasteiger partial charge in [-0.25, -0.2) is 0 Å². The highest BCUT2D eigenvalue weighted by molar-refractivity contribution is 5.02. The number of hydrogen-bond acceptors (Lipinski definition) is 2. The van der Waals surface area contributed by atoms with Crippen LogP contribution in [-0.2, 0) is 0 Å². The van der Waals surface area contributed by atoms with Crippen LogP contribution in [0.4, 0.5) is 0 Å². The number of nitrogens with zero attached hydrogens (tertiary/aromatic N) is 2. The third-order valence-electron chi connectivity index (χ3n) is 4.45. The third-order valence-corrected chi connectivity index (χ3v) is 4.45. The monoisotopic (exact) mass is 180 g/mol. The molecule has 3 atom stereocenters. The van der Waals surface area contributed by atoms with E-state index in [1.54, 1.807) is 0 Å². The number of piperidine rings is 1. The molecule has 13 heavy (non-hydrogen) atoms. The van der Waals surface area contributed by atoms with E-state index in [4.69, 9.17) is 0 Å². The lowest BCUT2D eigenvalue weighted by Crippen LogP contribution is -2.55. The standard InChI is InChI=1S/C11H20N2/c1-2-12-5-6-13-10-4-3-9(7-10)11(13)8-12/h9-11H,2-8H2,1H3. The van der Waals surface area contributed by atoms with Crippen LogP contribution in [0.15, 0.2) is 0 Å². The van der Waals surface area contributed by atoms with Crippen LogP contribution >= 0.6 is 0 Å². The largest absolute Gasteiger partial charge is 0.301 e. The first-order valence-corrected chi connectivity index (χ1v) is 5.86. The summed E-state index contributed by atoms with van der Waals surface area (Å²) in [4.78, 5) is 5.43. The van der Waals surface area contributed by atoms with Gasteiger partial charge in [-0.3, -0.25) is 4.90 Å². The summed E-state index contributed by atoms with van der Waals surface area (Å²) >= 11 is 0. The molecule has 3 fully saturated rings. The van der Waals surface area contributed by atoms with Crippen molar-refractivity contribution in [3.05, 3.63) is 0 Å². The summed E-state index contributed by atoms with van der Waals surface area (Å²) in [5.41, 5.74) is 0. The second-order valence-corrected chi connectivity index (χ2v) is 4.93. The molecule has 2 saturated heterocycles. The highest BCUT2D eigenvalue weighted by atomic mass is 15.3. The number of rotatable bonds is 1. The van der Waals surface area contributed by atoms with Gasteiger partial charge in [-0.05, 0) is 31.7 Å². The lowest BCUT2D eigenvalue weighted by molar-refractivity contribution is 0.0468. The van der Waals surface area contributed by atoms with Gasteiger partial charge in [0, 0.05) is 31.7 Å². The Balaban J connectivity index is 1.74. The second kappa shape index (κ2) is 2.96. The van der Waals surface area contributed by atoms with E-state index in [-0.39, 0.29) is 0 Å². The van der Waals surface area contributed by atoms with E-state index >= 15 is 0 Å². The molecule has 2 heterocycles. The van der Waals surface area contributed by atoms with Crippen LogP contribution in [0.3, 0.4) is 0 Å². The molecular weight excluding hydrogens is 160 g/mol. The molecule has 0 N–H and O–H groups in total. The Morgan fingerprint density at radius 1 is 1.23 bits per heavy atom. The van der Waals surface area contributed by atoms with Crippen molar-refractivity contribution in [1.82, 2.24) is 9.80 Å². The fraction of sp³-hybridized carbons (Fsp3) is 1.00. The maximum absolute atomic E-state index is 2.81. The van der Waals surface area contributed by atoms with E-state index in [0.717, 1.165) is 18.0 Å². The molecule has 1 aliphatic carbocycles. The maximum atomic E-state index is 2.81. The minimum absolute atomic E-state index is 0.937. The van der Waals surface area contributed by atoms with Gasteiger partial charge in [-0.1, -0.05) is 6.92 Å². The minimum Gasteiger partial charge on any atom is -0.301 e. The van der Waals surface area contributed by atoms with Crippen molar-refractivity contribution in [2.24, 2.45) is 5.92 Å². The zero-order chi connectivity index (χ0) is 8.84. The zero-order valence-electron chi connectivity index (χ0n) is 8.58. The van der Waals surface area contributed by atoms with Crippen LogP contribution in [-0.4, -0.2) is 48.1 Å². The van der Waals surface area contributed by atoms with Gasteiger partial charge in [-0.2, -0.15) is 0 Å². The molecule has 3 rings (SSSR count). The van der Waals surface area contributed by atoms with E-state index in [0.29, 0.717) is 0 Å². The summed E-state index contributed by atoms with van der Waals surface area (Å²) in [7, 11) is 0. The summed E-state index contributed by atoms with van der Waals surface area (Å²) in [5, 5.41) is 0. The van der Waals surface area contributed by atoms with Gasteiger partial charge in [0.1, 0.15) is 0 Å². The Hall–Kier alpha value is -0.0800. The lowest BCUT2D eigenvalue weighted by atomic mass is 9.96. The van der Waals surface area contributed by atoms with Gasteiger partial charge in [0.25, 0.3) is 0 Å². The molecule has 74 valence electrons. The van der Waals surface area contributed by atoms with Crippen molar-refractivity contribution in [1.29, 1.82) is 0 Å². The first-order valence-electron chi connectivity index (χ1n) is 5.86. The first kappa shape index (κ1) is 8.25. The lowest BCUT2D eigenvalue weighted by Gasteiger charge is -2.43. The molecule has 0 aromatic carbocycles. The van der Waals surface area contributed by atoms with Crippen molar-refractivity contribution >= 4 is 0 Å². The van der Waals surface area contributed by atoms with Crippen molar-refractivity contribution < 1.29 is 0 Å². The van der Waals surface area contributed by atoms with Gasteiger partial charge in [0.05, 0.1) is 0 Å². The Morgan fingerprint density at radius 2 is 2.15 bits per heavy atom. The summed E-state index contributed by atoms with van der Waals surface area (Å²) in [6.45, 7) is 7.57. The minimum atomic E-state index is 0.937. The van der Waals surface area contributed by atoms with Gasteiger partial charge in [0.15, 0.2) is 0 Å². The van der Waals surface area contributed by atoms with E-state index in [1.165, 1.54) is 45.4 Å². The Bertz CT molecular complexity index is 204. The predicted molar refractivity (Wildman–Crippen MR) is 53.7 cm³/mol. The fourth-order valence-electron chi connectivity index (χ4n) is 3.69. The highest BCUT2D eigenvalue weighted by Crippen LogP contribution is 2.43. The third kappa shape index (κ3) is 1.15. The average molecular weight is 180 g/mol. The smallest absolute Gasteiger partial charge is 0.0255 e. The van der Waals surface area contributed by atoms with Crippen molar-refractivity contribution in [3.8, 4) is 0 Å². The first-order chi connectivity index (χ1) is 6.38. The van der Waals surface area contributed by atoms with E-state index in [9.17, 15) is 0 Å². The maximum Gasteiger partial charge on any atom is 0.0255 e. The molecule has 2 bridgehead atoms. The Kier molecular flexibility index (Phi) is 1.88. The topological polar surface area (TPSA) is 6.48 Å². The molecule has 0 amide bonds. The molecule has 0 aromatic heterocycles. The summed E-state index contributed by atoms with van der Waals surface area (Å²) < 4.78 is 0. The van der Waals surface area contributed by atoms with Crippen LogP contribution in [0, 0.1) is 5.92 Å². The molecule has 0 aromatic rings. The van der Waals surface area contributed by atoms with Crippen molar-refractivity contribution in [3.63, 3.8) is 0 Å². The van der Waals surface area contributed by atoms with E-state index < -0.39 is 0 Å². The molecule has 3 unspecified atom stereocenters. The fourth-order valence-corrected chi connectivity index (χ4v) is 3.69. The molecular formula is C11H20N2. The molecule has 2 nitrogen and oxygen atoms in total.